The van der Waals surface area contributed by atoms with Crippen LogP contribution in [0.1, 0.15) is 26.5 Å². The number of nitrogen functional groups attached to an aromatic ring is 1. The van der Waals surface area contributed by atoms with Crippen LogP contribution in [-0.4, -0.2) is 30.9 Å². The quantitative estimate of drug-likeness (QED) is 0.893. The van der Waals surface area contributed by atoms with Crippen molar-refractivity contribution < 1.29 is 19.0 Å². The van der Waals surface area contributed by atoms with Crippen LogP contribution < -0.4 is 20.5 Å². The highest BCUT2D eigenvalue weighted by Gasteiger charge is 2.18. The van der Waals surface area contributed by atoms with Gasteiger partial charge >= 0.3 is 6.09 Å². The van der Waals surface area contributed by atoms with Gasteiger partial charge in [-0.25, -0.2) is 4.79 Å². The molecule has 0 radical (unpaired) electrons. The number of anilines is 1. The van der Waals surface area contributed by atoms with Gasteiger partial charge in [-0.1, -0.05) is 0 Å². The fraction of sp³-hybridized carbons (Fsp3) is 0.412. The van der Waals surface area contributed by atoms with Gasteiger partial charge in [-0.2, -0.15) is 0 Å². The van der Waals surface area contributed by atoms with Gasteiger partial charge in [0.1, 0.15) is 17.1 Å². The van der Waals surface area contributed by atoms with Crippen molar-refractivity contribution in [2.45, 2.75) is 32.9 Å². The highest BCUT2D eigenvalue weighted by molar-refractivity contribution is 5.99. The van der Waals surface area contributed by atoms with E-state index in [1.807, 2.05) is 6.07 Å². The van der Waals surface area contributed by atoms with E-state index >= 15 is 0 Å². The average Bonchev–Trinajstić information content (AvgIpc) is 2.51. The van der Waals surface area contributed by atoms with Crippen molar-refractivity contribution in [3.05, 3.63) is 24.0 Å². The average molecular weight is 333 g/mol. The zero-order valence-corrected chi connectivity index (χ0v) is 14.6. The Morgan fingerprint density at radius 3 is 2.54 bits per heavy atom. The molecule has 0 bridgehead atoms. The minimum Gasteiger partial charge on any atom is -0.497 e. The lowest BCUT2D eigenvalue weighted by Gasteiger charge is -2.20. The van der Waals surface area contributed by atoms with Crippen molar-refractivity contribution in [1.29, 1.82) is 0 Å². The van der Waals surface area contributed by atoms with Crippen LogP contribution in [0.4, 0.5) is 10.5 Å². The normalized spacial score (nSPS) is 11.2. The van der Waals surface area contributed by atoms with Crippen molar-refractivity contribution in [1.82, 2.24) is 10.3 Å². The van der Waals surface area contributed by atoms with Gasteiger partial charge in [0.15, 0.2) is 0 Å². The third kappa shape index (κ3) is 3.98. The number of aromatic nitrogens is 1. The van der Waals surface area contributed by atoms with E-state index in [0.29, 0.717) is 22.9 Å². The van der Waals surface area contributed by atoms with Gasteiger partial charge in [-0.15, -0.1) is 0 Å². The van der Waals surface area contributed by atoms with Crippen LogP contribution in [-0.2, 0) is 11.3 Å². The standard InChI is InChI=1S/C17H23N3O4/c1-17(2,3)24-16(21)20-9-13-15-11(12(18)8-19-13)6-10(22-4)7-14(15)23-5/h6-8H,9,18H2,1-5H3,(H,20,21). The van der Waals surface area contributed by atoms with Gasteiger partial charge < -0.3 is 25.3 Å². The first-order valence-electron chi connectivity index (χ1n) is 7.51. The number of hydrogen-bond donors (Lipinski definition) is 2. The monoisotopic (exact) mass is 333 g/mol. The van der Waals surface area contributed by atoms with E-state index in [4.69, 9.17) is 19.9 Å². The Bertz CT molecular complexity index is 754. The first-order chi connectivity index (χ1) is 11.2. The fourth-order valence-corrected chi connectivity index (χ4v) is 2.28. The van der Waals surface area contributed by atoms with Crippen LogP contribution >= 0.6 is 0 Å². The molecule has 1 aromatic heterocycles. The maximum atomic E-state index is 11.9. The summed E-state index contributed by atoms with van der Waals surface area (Å²) in [7, 11) is 3.13. The molecule has 1 heterocycles. The van der Waals surface area contributed by atoms with E-state index in [1.165, 1.54) is 0 Å². The maximum Gasteiger partial charge on any atom is 0.407 e. The van der Waals surface area contributed by atoms with Gasteiger partial charge in [0.05, 0.1) is 38.3 Å². The molecule has 0 unspecified atom stereocenters. The first kappa shape index (κ1) is 17.7. The van der Waals surface area contributed by atoms with E-state index in [0.717, 1.165) is 10.8 Å². The van der Waals surface area contributed by atoms with E-state index in [-0.39, 0.29) is 6.54 Å². The molecule has 1 aromatic carbocycles. The minimum absolute atomic E-state index is 0.189. The van der Waals surface area contributed by atoms with Gasteiger partial charge in [-0.05, 0) is 26.8 Å². The van der Waals surface area contributed by atoms with Crippen LogP contribution in [0, 0.1) is 0 Å². The summed E-state index contributed by atoms with van der Waals surface area (Å²) >= 11 is 0. The molecule has 130 valence electrons. The summed E-state index contributed by atoms with van der Waals surface area (Å²) < 4.78 is 15.9. The summed E-state index contributed by atoms with van der Waals surface area (Å²) in [5.41, 5.74) is 6.59. The predicted octanol–water partition coefficient (Wildman–Crippen LogP) is 2.86. The molecule has 24 heavy (non-hydrogen) atoms. The predicted molar refractivity (Wildman–Crippen MR) is 92.3 cm³/mol. The van der Waals surface area contributed by atoms with Crippen LogP contribution in [0.2, 0.25) is 0 Å². The zero-order valence-electron chi connectivity index (χ0n) is 14.6. The van der Waals surface area contributed by atoms with Crippen molar-refractivity contribution in [3.8, 4) is 11.5 Å². The van der Waals surface area contributed by atoms with Gasteiger partial charge in [-0.3, -0.25) is 4.98 Å². The lowest BCUT2D eigenvalue weighted by molar-refractivity contribution is 0.0523. The van der Waals surface area contributed by atoms with Crippen molar-refractivity contribution >= 4 is 22.6 Å². The van der Waals surface area contributed by atoms with Crippen molar-refractivity contribution in [2.75, 3.05) is 20.0 Å². The molecule has 0 aliphatic carbocycles. The first-order valence-corrected chi connectivity index (χ1v) is 7.51. The second-order valence-corrected chi connectivity index (χ2v) is 6.27. The molecule has 1 amide bonds. The molecule has 0 saturated heterocycles. The van der Waals surface area contributed by atoms with Gasteiger partial charge in [0.2, 0.25) is 0 Å². The Labute approximate surface area is 141 Å². The number of hydrogen-bond acceptors (Lipinski definition) is 6. The number of alkyl carbamates (subject to hydrolysis) is 1. The Kier molecular flexibility index (Phi) is 5.02. The van der Waals surface area contributed by atoms with Crippen LogP contribution in [0.15, 0.2) is 18.3 Å². The van der Waals surface area contributed by atoms with E-state index in [2.05, 4.69) is 10.3 Å². The van der Waals surface area contributed by atoms with Gasteiger partial charge in [0, 0.05) is 16.8 Å². The number of rotatable bonds is 4. The zero-order chi connectivity index (χ0) is 17.9. The second kappa shape index (κ2) is 6.82. The Morgan fingerprint density at radius 2 is 1.96 bits per heavy atom. The number of ether oxygens (including phenoxy) is 3. The summed E-state index contributed by atoms with van der Waals surface area (Å²) in [6.07, 6.45) is 1.04. The van der Waals surface area contributed by atoms with Gasteiger partial charge in [0.25, 0.3) is 0 Å². The third-order valence-electron chi connectivity index (χ3n) is 3.29. The third-order valence-corrected chi connectivity index (χ3v) is 3.29. The van der Waals surface area contributed by atoms with Crippen molar-refractivity contribution in [2.24, 2.45) is 0 Å². The molecule has 3 N–H and O–H groups in total. The highest BCUT2D eigenvalue weighted by Crippen LogP contribution is 2.35. The van der Waals surface area contributed by atoms with Crippen LogP contribution in [0.25, 0.3) is 10.8 Å². The number of methoxy groups -OCH3 is 2. The number of nitrogens with one attached hydrogen (secondary N) is 1. The number of pyridine rings is 1. The molecule has 2 rings (SSSR count). The topological polar surface area (TPSA) is 95.7 Å². The molecule has 2 aromatic rings. The molecular formula is C17H23N3O4. The summed E-state index contributed by atoms with van der Waals surface area (Å²) in [6, 6.07) is 3.56. The van der Waals surface area contributed by atoms with Crippen molar-refractivity contribution in [3.63, 3.8) is 0 Å². The van der Waals surface area contributed by atoms with E-state index in [1.54, 1.807) is 47.3 Å². The van der Waals surface area contributed by atoms with Crippen LogP contribution in [0.3, 0.4) is 0 Å². The number of nitrogens with zero attached hydrogens (tertiary/aromatic N) is 1. The summed E-state index contributed by atoms with van der Waals surface area (Å²) in [6.45, 7) is 5.60. The molecular weight excluding hydrogens is 310 g/mol. The smallest absolute Gasteiger partial charge is 0.407 e. The molecule has 0 aliphatic heterocycles. The molecule has 0 fully saturated rings. The lowest BCUT2D eigenvalue weighted by atomic mass is 10.1. The fourth-order valence-electron chi connectivity index (χ4n) is 2.28. The minimum atomic E-state index is -0.564. The number of carbonyl (C=O) groups excluding carboxylic acids is 1. The number of nitrogens with two attached hydrogens (primary N) is 1. The molecule has 0 saturated carbocycles. The molecule has 0 atom stereocenters. The summed E-state index contributed by atoms with van der Waals surface area (Å²) in [4.78, 5) is 16.2. The molecule has 7 heteroatoms. The Morgan fingerprint density at radius 1 is 1.25 bits per heavy atom. The van der Waals surface area contributed by atoms with Crippen LogP contribution in [0.5, 0.6) is 11.5 Å². The SMILES string of the molecule is COc1cc(OC)c2c(CNC(=O)OC(C)(C)C)ncc(N)c2c1. The van der Waals surface area contributed by atoms with E-state index in [9.17, 15) is 4.79 Å². The maximum absolute atomic E-state index is 11.9. The Hall–Kier alpha value is -2.70. The molecule has 0 spiro atoms. The number of fused-ring (bicyclic) bond motifs is 1. The molecule has 7 nitrogen and oxygen atoms in total. The second-order valence-electron chi connectivity index (χ2n) is 6.27. The summed E-state index contributed by atoms with van der Waals surface area (Å²) in [5.74, 6) is 1.20. The summed E-state index contributed by atoms with van der Waals surface area (Å²) in [5, 5.41) is 4.18. The lowest BCUT2D eigenvalue weighted by Crippen LogP contribution is -2.32. The largest absolute Gasteiger partial charge is 0.497 e. The number of carbonyl (C=O) groups is 1. The van der Waals surface area contributed by atoms with E-state index < -0.39 is 11.7 Å². The highest BCUT2D eigenvalue weighted by atomic mass is 16.6. The number of amides is 1. The molecule has 0 aliphatic rings. The number of benzene rings is 1. The Balaban J connectivity index is 2.37.